The molecule has 0 aliphatic carbocycles. The summed E-state index contributed by atoms with van der Waals surface area (Å²) < 4.78 is 26.5. The van der Waals surface area contributed by atoms with E-state index < -0.39 is 16.0 Å². The Labute approximate surface area is 126 Å². The van der Waals surface area contributed by atoms with Crippen molar-refractivity contribution in [3.05, 3.63) is 0 Å². The third-order valence-corrected chi connectivity index (χ3v) is 5.42. The van der Waals surface area contributed by atoms with Gasteiger partial charge < -0.3 is 5.11 Å². The fourth-order valence-electron chi connectivity index (χ4n) is 1.06. The maximum Gasteiger partial charge on any atom is 0.313 e. The van der Waals surface area contributed by atoms with Crippen LogP contribution in [0.3, 0.4) is 0 Å². The minimum atomic E-state index is -3.45. The summed E-state index contributed by atoms with van der Waals surface area (Å²) >= 11 is 2.03. The van der Waals surface area contributed by atoms with Gasteiger partial charge in [0.05, 0.1) is 11.5 Å². The molecule has 20 heavy (non-hydrogen) atoms. The van der Waals surface area contributed by atoms with E-state index in [-0.39, 0.29) is 22.1 Å². The Hall–Kier alpha value is -0.870. The lowest BCUT2D eigenvalue weighted by Crippen LogP contribution is -2.20. The number of rotatable bonds is 7. The quantitative estimate of drug-likeness (QED) is 0.730. The number of sulfonamides is 1. The van der Waals surface area contributed by atoms with E-state index in [1.165, 1.54) is 0 Å². The number of aromatic nitrogens is 2. The van der Waals surface area contributed by atoms with E-state index in [4.69, 9.17) is 5.11 Å². The van der Waals surface area contributed by atoms with Crippen LogP contribution < -0.4 is 4.72 Å². The smallest absolute Gasteiger partial charge is 0.313 e. The molecule has 0 aromatic carbocycles. The van der Waals surface area contributed by atoms with Gasteiger partial charge in [-0.05, 0) is 11.8 Å². The topological polar surface area (TPSA) is 109 Å². The number of hydrogen-bond donors (Lipinski definition) is 2. The number of carbonyl (C=O) groups is 1. The van der Waals surface area contributed by atoms with Crippen LogP contribution in [0.25, 0.3) is 0 Å². The fraction of sp³-hybridized carbons (Fsp3) is 0.700. The molecule has 10 heteroatoms. The summed E-state index contributed by atoms with van der Waals surface area (Å²) in [5.41, 5.74) is -0.0711. The van der Waals surface area contributed by atoms with Crippen LogP contribution in [0.5, 0.6) is 0 Å². The maximum absolute atomic E-state index is 11.8. The van der Waals surface area contributed by atoms with Gasteiger partial charge in [-0.25, -0.2) is 8.42 Å². The van der Waals surface area contributed by atoms with Crippen LogP contribution in [-0.2, 0) is 14.8 Å². The van der Waals surface area contributed by atoms with E-state index in [0.717, 1.165) is 23.1 Å². The maximum atomic E-state index is 11.8. The van der Waals surface area contributed by atoms with Gasteiger partial charge in [0.25, 0.3) is 0 Å². The highest BCUT2D eigenvalue weighted by molar-refractivity contribution is 8.01. The molecule has 0 fully saturated rings. The van der Waals surface area contributed by atoms with E-state index in [9.17, 15) is 13.2 Å². The van der Waals surface area contributed by atoms with Gasteiger partial charge in [0.15, 0.2) is 4.34 Å². The van der Waals surface area contributed by atoms with Crippen LogP contribution in [0.1, 0.15) is 27.2 Å². The van der Waals surface area contributed by atoms with Gasteiger partial charge in [0, 0.05) is 0 Å². The first-order chi connectivity index (χ1) is 9.07. The van der Waals surface area contributed by atoms with Crippen LogP contribution in [0.15, 0.2) is 4.34 Å². The summed E-state index contributed by atoms with van der Waals surface area (Å²) in [5.74, 6) is -1.09. The molecule has 0 unspecified atom stereocenters. The molecule has 1 aromatic rings. The predicted octanol–water partition coefficient (Wildman–Crippen LogP) is 1.89. The Morgan fingerprint density at radius 2 is 2.05 bits per heavy atom. The van der Waals surface area contributed by atoms with Crippen LogP contribution in [0.2, 0.25) is 0 Å². The third-order valence-electron chi connectivity index (χ3n) is 2.09. The number of nitrogens with one attached hydrogen (secondary N) is 1. The summed E-state index contributed by atoms with van der Waals surface area (Å²) in [4.78, 5) is 10.4. The van der Waals surface area contributed by atoms with Gasteiger partial charge >= 0.3 is 5.97 Å². The molecule has 0 aliphatic rings. The van der Waals surface area contributed by atoms with Crippen molar-refractivity contribution < 1.29 is 18.3 Å². The van der Waals surface area contributed by atoms with E-state index in [0.29, 0.717) is 10.8 Å². The fourth-order valence-corrected chi connectivity index (χ4v) is 4.22. The standard InChI is InChI=1S/C10H17N3O4S3/c1-10(2,3)4-5-20(16,17)13-8-11-12-9(19-8)18-6-7(14)15/h4-6H2,1-3H3,(H,11,13)(H,14,15). The Balaban J connectivity index is 2.57. The van der Waals surface area contributed by atoms with Crippen molar-refractivity contribution in [3.8, 4) is 0 Å². The van der Waals surface area contributed by atoms with Crippen LogP contribution in [0.4, 0.5) is 5.13 Å². The molecule has 1 heterocycles. The van der Waals surface area contributed by atoms with Crippen molar-refractivity contribution in [1.82, 2.24) is 10.2 Å². The predicted molar refractivity (Wildman–Crippen MR) is 79.8 cm³/mol. The van der Waals surface area contributed by atoms with Gasteiger partial charge in [-0.2, -0.15) is 0 Å². The molecular formula is C10H17N3O4S3. The number of nitrogens with zero attached hydrogens (tertiary/aromatic N) is 2. The highest BCUT2D eigenvalue weighted by Gasteiger charge is 2.19. The molecule has 0 amide bonds. The zero-order valence-electron chi connectivity index (χ0n) is 11.4. The number of hydrogen-bond acceptors (Lipinski definition) is 7. The summed E-state index contributed by atoms with van der Waals surface area (Å²) in [7, 11) is -3.45. The molecule has 1 aromatic heterocycles. The second-order valence-corrected chi connectivity index (χ2v) is 9.33. The monoisotopic (exact) mass is 339 g/mol. The average Bonchev–Trinajstić information content (AvgIpc) is 2.70. The Morgan fingerprint density at radius 3 is 2.60 bits per heavy atom. The second-order valence-electron chi connectivity index (χ2n) is 5.29. The van der Waals surface area contributed by atoms with Gasteiger partial charge in [0.2, 0.25) is 15.2 Å². The molecular weight excluding hydrogens is 322 g/mol. The number of anilines is 1. The number of carboxylic acids is 1. The largest absolute Gasteiger partial charge is 0.481 e. The van der Waals surface area contributed by atoms with Crippen LogP contribution in [-0.4, -0.2) is 41.2 Å². The molecule has 0 saturated carbocycles. The van der Waals surface area contributed by atoms with Crippen molar-refractivity contribution in [2.24, 2.45) is 5.41 Å². The van der Waals surface area contributed by atoms with Gasteiger partial charge in [-0.1, -0.05) is 43.9 Å². The first-order valence-corrected chi connectivity index (χ1v) is 9.21. The van der Waals surface area contributed by atoms with Gasteiger partial charge in [-0.3, -0.25) is 9.52 Å². The molecule has 0 aliphatic heterocycles. The molecule has 2 N–H and O–H groups in total. The SMILES string of the molecule is CC(C)(C)CCS(=O)(=O)Nc1nnc(SCC(=O)O)s1. The molecule has 0 saturated heterocycles. The first kappa shape index (κ1) is 17.2. The van der Waals surface area contributed by atoms with Crippen molar-refractivity contribution in [2.75, 3.05) is 16.2 Å². The molecule has 0 bridgehead atoms. The van der Waals surface area contributed by atoms with Crippen LogP contribution in [0, 0.1) is 5.41 Å². The lowest BCUT2D eigenvalue weighted by Gasteiger charge is -2.17. The zero-order valence-corrected chi connectivity index (χ0v) is 13.9. The minimum absolute atomic E-state index is 0.00762. The Morgan fingerprint density at radius 1 is 1.40 bits per heavy atom. The molecule has 0 radical (unpaired) electrons. The highest BCUT2D eigenvalue weighted by Crippen LogP contribution is 2.26. The molecule has 0 spiro atoms. The zero-order chi connectivity index (χ0) is 15.4. The second kappa shape index (κ2) is 6.72. The van der Waals surface area contributed by atoms with Crippen LogP contribution >= 0.6 is 23.1 Å². The highest BCUT2D eigenvalue weighted by atomic mass is 32.2. The van der Waals surface area contributed by atoms with Crippen molar-refractivity contribution in [2.45, 2.75) is 31.5 Å². The van der Waals surface area contributed by atoms with Gasteiger partial charge in [0.1, 0.15) is 0 Å². The lowest BCUT2D eigenvalue weighted by molar-refractivity contribution is -0.133. The minimum Gasteiger partial charge on any atom is -0.481 e. The van der Waals surface area contributed by atoms with E-state index in [2.05, 4.69) is 14.9 Å². The first-order valence-electron chi connectivity index (χ1n) is 5.76. The Kier molecular flexibility index (Phi) is 5.78. The van der Waals surface area contributed by atoms with E-state index in [1.54, 1.807) is 0 Å². The van der Waals surface area contributed by atoms with Crippen molar-refractivity contribution in [3.63, 3.8) is 0 Å². The summed E-state index contributed by atoms with van der Waals surface area (Å²) in [6, 6.07) is 0. The van der Waals surface area contributed by atoms with E-state index >= 15 is 0 Å². The normalized spacial score (nSPS) is 12.3. The number of thioether (sulfide) groups is 1. The molecule has 1 rings (SSSR count). The van der Waals surface area contributed by atoms with Crippen molar-refractivity contribution in [1.29, 1.82) is 0 Å². The number of carboxylic acid groups (broad SMARTS) is 1. The molecule has 114 valence electrons. The molecule has 7 nitrogen and oxygen atoms in total. The Bertz CT molecular complexity index is 563. The third kappa shape index (κ3) is 7.06. The van der Waals surface area contributed by atoms with Crippen molar-refractivity contribution >= 4 is 44.2 Å². The van der Waals surface area contributed by atoms with Gasteiger partial charge in [-0.15, -0.1) is 10.2 Å². The number of aliphatic carboxylic acids is 1. The summed E-state index contributed by atoms with van der Waals surface area (Å²) in [6.45, 7) is 5.90. The summed E-state index contributed by atoms with van der Waals surface area (Å²) in [6.07, 6.45) is 0.530. The summed E-state index contributed by atoms with van der Waals surface area (Å²) in [5, 5.41) is 16.1. The molecule has 0 atom stereocenters. The lowest BCUT2D eigenvalue weighted by atomic mass is 9.94. The van der Waals surface area contributed by atoms with E-state index in [1.807, 2.05) is 20.8 Å². The average molecular weight is 339 g/mol.